The first-order chi connectivity index (χ1) is 10.9. The Morgan fingerprint density at radius 1 is 1.43 bits per heavy atom. The van der Waals surface area contributed by atoms with Crippen molar-refractivity contribution in [2.24, 2.45) is 11.7 Å². The second-order valence-corrected chi connectivity index (χ2v) is 6.09. The molecule has 2 atom stereocenters. The van der Waals surface area contributed by atoms with Gasteiger partial charge in [-0.25, -0.2) is 0 Å². The van der Waals surface area contributed by atoms with E-state index in [1.54, 1.807) is 6.20 Å². The lowest BCUT2D eigenvalue weighted by Crippen LogP contribution is -2.40. The largest absolute Gasteiger partial charge is 0.368 e. The quantitative estimate of drug-likeness (QED) is 0.760. The molecular weight excluding hydrogens is 296 g/mol. The first-order valence-electron chi connectivity index (χ1n) is 7.52. The summed E-state index contributed by atoms with van der Waals surface area (Å²) < 4.78 is 0. The molecule has 2 aromatic heterocycles. The molecule has 0 aromatic carbocycles. The molecule has 0 fully saturated rings. The number of nitrogens with one attached hydrogen (secondary N) is 2. The molecule has 1 aliphatic heterocycles. The van der Waals surface area contributed by atoms with Crippen LogP contribution in [-0.4, -0.2) is 37.1 Å². The molecule has 2 aromatic rings. The zero-order valence-corrected chi connectivity index (χ0v) is 13.4. The zero-order chi connectivity index (χ0) is 16.7. The van der Waals surface area contributed by atoms with Crippen LogP contribution in [0.5, 0.6) is 0 Å². The number of rotatable bonds is 4. The van der Waals surface area contributed by atoms with Crippen molar-refractivity contribution in [3.8, 4) is 0 Å². The normalized spacial score (nSPS) is 18.0. The van der Waals surface area contributed by atoms with Gasteiger partial charge in [0, 0.05) is 17.2 Å². The molecule has 0 aliphatic carbocycles. The Balaban J connectivity index is 1.80. The van der Waals surface area contributed by atoms with Crippen LogP contribution in [0.4, 0.5) is 0 Å². The number of carbonyl (C=O) groups excluding carboxylic acids is 2. The fourth-order valence-corrected chi connectivity index (χ4v) is 3.18. The van der Waals surface area contributed by atoms with E-state index in [4.69, 9.17) is 5.73 Å². The Kier molecular flexibility index (Phi) is 3.67. The third kappa shape index (κ3) is 2.49. The van der Waals surface area contributed by atoms with Gasteiger partial charge in [0.1, 0.15) is 6.04 Å². The molecule has 2 amide bonds. The zero-order valence-electron chi connectivity index (χ0n) is 13.4. The van der Waals surface area contributed by atoms with E-state index in [1.165, 1.54) is 4.90 Å². The molecule has 0 saturated heterocycles. The molecule has 4 N–H and O–H groups in total. The maximum atomic E-state index is 12.8. The van der Waals surface area contributed by atoms with Gasteiger partial charge in [0.2, 0.25) is 11.8 Å². The van der Waals surface area contributed by atoms with Gasteiger partial charge in [-0.2, -0.15) is 10.2 Å². The van der Waals surface area contributed by atoms with E-state index in [2.05, 4.69) is 20.4 Å². The fourth-order valence-electron chi connectivity index (χ4n) is 3.18. The van der Waals surface area contributed by atoms with Gasteiger partial charge in [0.25, 0.3) is 0 Å². The SMILES string of the molecule is Cc1n[nH]c(C)c1CC(C)C(=O)N1Cc2[nH]ncc2C1C(N)=O. The Labute approximate surface area is 133 Å². The molecule has 1 aliphatic rings. The second kappa shape index (κ2) is 5.53. The summed E-state index contributed by atoms with van der Waals surface area (Å²) in [7, 11) is 0. The lowest BCUT2D eigenvalue weighted by Gasteiger charge is -2.25. The number of primary amides is 1. The summed E-state index contributed by atoms with van der Waals surface area (Å²) in [4.78, 5) is 26.2. The van der Waals surface area contributed by atoms with Crippen molar-refractivity contribution in [3.05, 3.63) is 34.4 Å². The number of nitrogens with zero attached hydrogens (tertiary/aromatic N) is 3. The van der Waals surface area contributed by atoms with Gasteiger partial charge in [-0.05, 0) is 25.8 Å². The summed E-state index contributed by atoms with van der Waals surface area (Å²) in [6, 6.07) is -0.745. The van der Waals surface area contributed by atoms with Gasteiger partial charge in [-0.1, -0.05) is 6.92 Å². The van der Waals surface area contributed by atoms with Crippen molar-refractivity contribution in [1.29, 1.82) is 0 Å². The van der Waals surface area contributed by atoms with Crippen molar-refractivity contribution in [1.82, 2.24) is 25.3 Å². The molecule has 0 bridgehead atoms. The molecule has 3 heterocycles. The van der Waals surface area contributed by atoms with E-state index in [0.717, 1.165) is 22.6 Å². The molecule has 8 nitrogen and oxygen atoms in total. The number of H-pyrrole nitrogens is 2. The molecular formula is C15H20N6O2. The van der Waals surface area contributed by atoms with E-state index >= 15 is 0 Å². The van der Waals surface area contributed by atoms with Crippen LogP contribution in [0.15, 0.2) is 6.20 Å². The Morgan fingerprint density at radius 3 is 2.78 bits per heavy atom. The number of fused-ring (bicyclic) bond motifs is 1. The summed E-state index contributed by atoms with van der Waals surface area (Å²) in [6.45, 7) is 6.03. The Hall–Kier alpha value is -2.64. The molecule has 0 saturated carbocycles. The highest BCUT2D eigenvalue weighted by molar-refractivity contribution is 5.90. The number of amides is 2. The first kappa shape index (κ1) is 15.3. The van der Waals surface area contributed by atoms with Crippen molar-refractivity contribution in [2.45, 2.75) is 39.8 Å². The van der Waals surface area contributed by atoms with E-state index in [-0.39, 0.29) is 11.8 Å². The van der Waals surface area contributed by atoms with E-state index in [0.29, 0.717) is 18.5 Å². The van der Waals surface area contributed by atoms with Gasteiger partial charge in [0.05, 0.1) is 24.1 Å². The summed E-state index contributed by atoms with van der Waals surface area (Å²) >= 11 is 0. The van der Waals surface area contributed by atoms with Gasteiger partial charge in [0.15, 0.2) is 0 Å². The maximum absolute atomic E-state index is 12.8. The minimum atomic E-state index is -0.745. The van der Waals surface area contributed by atoms with Crippen LogP contribution in [-0.2, 0) is 22.6 Å². The molecule has 23 heavy (non-hydrogen) atoms. The molecule has 8 heteroatoms. The summed E-state index contributed by atoms with van der Waals surface area (Å²) in [5, 5.41) is 13.8. The molecule has 0 radical (unpaired) electrons. The van der Waals surface area contributed by atoms with Gasteiger partial charge >= 0.3 is 0 Å². The van der Waals surface area contributed by atoms with Crippen LogP contribution in [0.25, 0.3) is 0 Å². The molecule has 2 unspecified atom stereocenters. The minimum Gasteiger partial charge on any atom is -0.368 e. The predicted molar refractivity (Wildman–Crippen MR) is 82.0 cm³/mol. The van der Waals surface area contributed by atoms with E-state index in [1.807, 2.05) is 20.8 Å². The highest BCUT2D eigenvalue weighted by Crippen LogP contribution is 2.33. The van der Waals surface area contributed by atoms with Crippen LogP contribution < -0.4 is 5.73 Å². The van der Waals surface area contributed by atoms with Crippen LogP contribution >= 0.6 is 0 Å². The lowest BCUT2D eigenvalue weighted by atomic mass is 9.98. The van der Waals surface area contributed by atoms with Crippen molar-refractivity contribution < 1.29 is 9.59 Å². The smallest absolute Gasteiger partial charge is 0.245 e. The van der Waals surface area contributed by atoms with Crippen molar-refractivity contribution in [2.75, 3.05) is 0 Å². The summed E-state index contributed by atoms with van der Waals surface area (Å²) in [6.07, 6.45) is 2.13. The average molecular weight is 316 g/mol. The number of hydrogen-bond donors (Lipinski definition) is 3. The average Bonchev–Trinajstić information content (AvgIpc) is 3.15. The standard InChI is InChI=1S/C15H20N6O2/c1-7(4-10-8(2)18-19-9(10)3)15(23)21-6-12-11(5-17-20-12)13(21)14(16)22/h5,7,13H,4,6H2,1-3H3,(H2,16,22)(H,17,20)(H,18,19). The molecule has 122 valence electrons. The number of carbonyl (C=O) groups is 2. The number of nitrogens with two attached hydrogens (primary N) is 1. The number of aromatic nitrogens is 4. The number of aromatic amines is 2. The topological polar surface area (TPSA) is 121 Å². The van der Waals surface area contributed by atoms with Crippen LogP contribution in [0.2, 0.25) is 0 Å². The summed E-state index contributed by atoms with van der Waals surface area (Å²) in [5.74, 6) is -0.913. The monoisotopic (exact) mass is 316 g/mol. The third-order valence-corrected chi connectivity index (χ3v) is 4.45. The second-order valence-electron chi connectivity index (χ2n) is 6.09. The Morgan fingerprint density at radius 2 is 2.17 bits per heavy atom. The number of aryl methyl sites for hydroxylation is 2. The number of hydrogen-bond acceptors (Lipinski definition) is 4. The first-order valence-corrected chi connectivity index (χ1v) is 7.52. The maximum Gasteiger partial charge on any atom is 0.245 e. The summed E-state index contributed by atoms with van der Waals surface area (Å²) in [5.41, 5.74) is 9.85. The van der Waals surface area contributed by atoms with Crippen molar-refractivity contribution in [3.63, 3.8) is 0 Å². The minimum absolute atomic E-state index is 0.0987. The lowest BCUT2D eigenvalue weighted by molar-refractivity contribution is -0.142. The molecule has 3 rings (SSSR count). The van der Waals surface area contributed by atoms with E-state index < -0.39 is 11.9 Å². The van der Waals surface area contributed by atoms with Crippen LogP contribution in [0.1, 0.15) is 41.2 Å². The highest BCUT2D eigenvalue weighted by atomic mass is 16.2. The third-order valence-electron chi connectivity index (χ3n) is 4.45. The van der Waals surface area contributed by atoms with Crippen LogP contribution in [0, 0.1) is 19.8 Å². The van der Waals surface area contributed by atoms with Gasteiger partial charge in [-0.15, -0.1) is 0 Å². The van der Waals surface area contributed by atoms with E-state index in [9.17, 15) is 9.59 Å². The Bertz CT molecular complexity index is 742. The van der Waals surface area contributed by atoms with Gasteiger partial charge in [-0.3, -0.25) is 19.8 Å². The highest BCUT2D eigenvalue weighted by Gasteiger charge is 2.40. The van der Waals surface area contributed by atoms with Gasteiger partial charge < -0.3 is 10.6 Å². The van der Waals surface area contributed by atoms with Crippen molar-refractivity contribution >= 4 is 11.8 Å². The predicted octanol–water partition coefficient (Wildman–Crippen LogP) is 0.497. The fraction of sp³-hybridized carbons (Fsp3) is 0.467. The van der Waals surface area contributed by atoms with Crippen LogP contribution in [0.3, 0.4) is 0 Å². The molecule has 0 spiro atoms.